The summed E-state index contributed by atoms with van der Waals surface area (Å²) in [4.78, 5) is 29.7. The number of hydrogen-bond donors (Lipinski definition) is 1. The summed E-state index contributed by atoms with van der Waals surface area (Å²) in [5, 5.41) is 4.20. The van der Waals surface area contributed by atoms with Gasteiger partial charge in [0.25, 0.3) is 10.0 Å². The summed E-state index contributed by atoms with van der Waals surface area (Å²) >= 11 is 18.4. The molecule has 0 aliphatic rings. The topological polar surface area (TPSA) is 86.8 Å². The predicted molar refractivity (Wildman–Crippen MR) is 181 cm³/mol. The fourth-order valence-electron chi connectivity index (χ4n) is 4.68. The van der Waals surface area contributed by atoms with E-state index < -0.39 is 28.5 Å². The number of anilines is 1. The molecule has 0 saturated heterocycles. The molecule has 0 heterocycles. The minimum absolute atomic E-state index is 0.0335. The number of nitrogens with zero attached hydrogens (tertiary/aromatic N) is 2. The molecule has 4 aromatic carbocycles. The third-order valence-corrected chi connectivity index (χ3v) is 9.84. The van der Waals surface area contributed by atoms with Crippen molar-refractivity contribution in [2.75, 3.05) is 10.8 Å². The molecule has 45 heavy (non-hydrogen) atoms. The first kappa shape index (κ1) is 34.3. The molecule has 0 radical (unpaired) electrons. The summed E-state index contributed by atoms with van der Waals surface area (Å²) < 4.78 is 29.1. The maximum atomic E-state index is 14.5. The largest absolute Gasteiger partial charge is 0.352 e. The van der Waals surface area contributed by atoms with Gasteiger partial charge in [-0.05, 0) is 79.1 Å². The Morgan fingerprint density at radius 2 is 1.40 bits per heavy atom. The average Bonchev–Trinajstić information content (AvgIpc) is 3.02. The van der Waals surface area contributed by atoms with Crippen molar-refractivity contribution in [2.24, 2.45) is 0 Å². The van der Waals surface area contributed by atoms with Gasteiger partial charge in [-0.1, -0.05) is 90.3 Å². The highest BCUT2D eigenvalue weighted by molar-refractivity contribution is 7.92. The van der Waals surface area contributed by atoms with Crippen molar-refractivity contribution < 1.29 is 18.0 Å². The first-order valence-electron chi connectivity index (χ1n) is 14.4. The molecule has 236 valence electrons. The number of carbonyl (C=O) groups is 2. The Morgan fingerprint density at radius 3 is 2.00 bits per heavy atom. The number of benzene rings is 4. The number of sulfonamides is 1. The van der Waals surface area contributed by atoms with Crippen molar-refractivity contribution in [1.82, 2.24) is 10.2 Å². The van der Waals surface area contributed by atoms with E-state index in [1.807, 2.05) is 44.2 Å². The minimum atomic E-state index is -4.27. The van der Waals surface area contributed by atoms with Gasteiger partial charge in [-0.2, -0.15) is 0 Å². The van der Waals surface area contributed by atoms with E-state index in [2.05, 4.69) is 5.32 Å². The molecule has 7 nitrogen and oxygen atoms in total. The van der Waals surface area contributed by atoms with Gasteiger partial charge in [0.2, 0.25) is 11.8 Å². The first-order chi connectivity index (χ1) is 21.5. The highest BCUT2D eigenvalue weighted by Gasteiger charge is 2.35. The molecule has 4 rings (SSSR count). The number of hydrogen-bond acceptors (Lipinski definition) is 4. The molecular weight excluding hydrogens is 653 g/mol. The Hall–Kier alpha value is -3.56. The maximum absolute atomic E-state index is 14.5. The van der Waals surface area contributed by atoms with Crippen LogP contribution in [0, 0.1) is 0 Å². The molecular formula is C34H34Cl3N3O4S. The van der Waals surface area contributed by atoms with E-state index in [1.165, 1.54) is 35.2 Å². The first-order valence-corrected chi connectivity index (χ1v) is 17.0. The van der Waals surface area contributed by atoms with Gasteiger partial charge in [0, 0.05) is 34.1 Å². The zero-order valence-electron chi connectivity index (χ0n) is 24.9. The van der Waals surface area contributed by atoms with Crippen LogP contribution in [0.2, 0.25) is 15.1 Å². The second kappa shape index (κ2) is 15.6. The van der Waals surface area contributed by atoms with E-state index in [0.717, 1.165) is 15.4 Å². The van der Waals surface area contributed by atoms with Gasteiger partial charge in [-0.3, -0.25) is 13.9 Å². The lowest BCUT2D eigenvalue weighted by Gasteiger charge is -2.34. The lowest BCUT2D eigenvalue weighted by Crippen LogP contribution is -2.54. The van der Waals surface area contributed by atoms with E-state index in [0.29, 0.717) is 21.5 Å². The summed E-state index contributed by atoms with van der Waals surface area (Å²) in [7, 11) is -4.27. The van der Waals surface area contributed by atoms with E-state index in [9.17, 15) is 18.0 Å². The van der Waals surface area contributed by atoms with Gasteiger partial charge >= 0.3 is 0 Å². The van der Waals surface area contributed by atoms with Crippen LogP contribution in [-0.2, 0) is 32.6 Å². The van der Waals surface area contributed by atoms with Gasteiger partial charge in [0.05, 0.1) is 10.6 Å². The molecule has 2 atom stereocenters. The Morgan fingerprint density at radius 1 is 0.778 bits per heavy atom. The third-order valence-electron chi connectivity index (χ3n) is 7.31. The Balaban J connectivity index is 1.80. The van der Waals surface area contributed by atoms with Crippen LogP contribution in [0.15, 0.2) is 108 Å². The van der Waals surface area contributed by atoms with Crippen molar-refractivity contribution in [3.8, 4) is 0 Å². The summed E-state index contributed by atoms with van der Waals surface area (Å²) in [6, 6.07) is 27.2. The predicted octanol–water partition coefficient (Wildman–Crippen LogP) is 7.40. The zero-order chi connectivity index (χ0) is 32.6. The molecule has 0 bridgehead atoms. The molecule has 0 saturated carbocycles. The van der Waals surface area contributed by atoms with Crippen LogP contribution >= 0.6 is 34.8 Å². The molecule has 0 spiro atoms. The van der Waals surface area contributed by atoms with Crippen molar-refractivity contribution >= 4 is 62.3 Å². The fraction of sp³-hybridized carbons (Fsp3) is 0.235. The molecule has 11 heteroatoms. The SMILES string of the molecule is CC[C@H](C)NC(=O)[C@@H](Cc1ccccc1)N(Cc1ccc(Cl)cc1)C(=O)CN(c1cccc(Cl)c1)S(=O)(=O)c1ccc(Cl)cc1. The van der Waals surface area contributed by atoms with Crippen LogP contribution in [0.1, 0.15) is 31.4 Å². The lowest BCUT2D eigenvalue weighted by atomic mass is 10.0. The lowest BCUT2D eigenvalue weighted by molar-refractivity contribution is -0.140. The van der Waals surface area contributed by atoms with Gasteiger partial charge in [-0.25, -0.2) is 8.42 Å². The van der Waals surface area contributed by atoms with E-state index >= 15 is 0 Å². The van der Waals surface area contributed by atoms with Gasteiger partial charge in [-0.15, -0.1) is 0 Å². The van der Waals surface area contributed by atoms with E-state index in [-0.39, 0.29) is 35.5 Å². The highest BCUT2D eigenvalue weighted by Crippen LogP contribution is 2.28. The van der Waals surface area contributed by atoms with Crippen LogP contribution < -0.4 is 9.62 Å². The minimum Gasteiger partial charge on any atom is -0.352 e. The van der Waals surface area contributed by atoms with Crippen molar-refractivity contribution in [2.45, 2.75) is 50.2 Å². The number of amides is 2. The van der Waals surface area contributed by atoms with Crippen LogP contribution in [0.25, 0.3) is 0 Å². The average molecular weight is 687 g/mol. The number of carbonyl (C=O) groups excluding carboxylic acids is 2. The quantitative estimate of drug-likeness (QED) is 0.159. The van der Waals surface area contributed by atoms with Gasteiger partial charge in [0.1, 0.15) is 12.6 Å². The van der Waals surface area contributed by atoms with Crippen LogP contribution in [-0.4, -0.2) is 43.8 Å². The second-order valence-corrected chi connectivity index (χ2v) is 13.8. The Kier molecular flexibility index (Phi) is 11.9. The zero-order valence-corrected chi connectivity index (χ0v) is 28.0. The van der Waals surface area contributed by atoms with E-state index in [1.54, 1.807) is 42.5 Å². The van der Waals surface area contributed by atoms with Crippen LogP contribution in [0.4, 0.5) is 5.69 Å². The monoisotopic (exact) mass is 685 g/mol. The molecule has 2 amide bonds. The third kappa shape index (κ3) is 9.23. The van der Waals surface area contributed by atoms with Crippen molar-refractivity contribution in [3.05, 3.63) is 129 Å². The molecule has 0 aliphatic carbocycles. The molecule has 1 N–H and O–H groups in total. The molecule has 0 fully saturated rings. The van der Waals surface area contributed by atoms with Crippen molar-refractivity contribution in [3.63, 3.8) is 0 Å². The smallest absolute Gasteiger partial charge is 0.264 e. The van der Waals surface area contributed by atoms with Gasteiger partial charge < -0.3 is 10.2 Å². The summed E-state index contributed by atoms with van der Waals surface area (Å²) in [6.07, 6.45) is 0.903. The number of rotatable bonds is 13. The number of halogens is 3. The molecule has 4 aromatic rings. The normalized spacial score (nSPS) is 12.6. The summed E-state index contributed by atoms with van der Waals surface area (Å²) in [5.74, 6) is -0.923. The summed E-state index contributed by atoms with van der Waals surface area (Å²) in [5.41, 5.74) is 1.76. The fourth-order valence-corrected chi connectivity index (χ4v) is 6.52. The van der Waals surface area contributed by atoms with Gasteiger partial charge in [0.15, 0.2) is 0 Å². The molecule has 0 unspecified atom stereocenters. The Bertz CT molecular complexity index is 1700. The van der Waals surface area contributed by atoms with Crippen LogP contribution in [0.5, 0.6) is 0 Å². The van der Waals surface area contributed by atoms with Crippen molar-refractivity contribution in [1.29, 1.82) is 0 Å². The standard InChI is InChI=1S/C34H34Cl3N3O4S/c1-3-24(2)38-34(42)32(20-25-8-5-4-6-9-25)39(22-26-12-14-27(35)15-13-26)33(41)23-40(30-11-7-10-29(37)21-30)45(43,44)31-18-16-28(36)17-19-31/h4-19,21,24,32H,3,20,22-23H2,1-2H3,(H,38,42)/t24-,32+/m0/s1. The second-order valence-electron chi connectivity index (χ2n) is 10.6. The molecule has 0 aliphatic heterocycles. The highest BCUT2D eigenvalue weighted by atomic mass is 35.5. The number of nitrogens with one attached hydrogen (secondary N) is 1. The van der Waals surface area contributed by atoms with E-state index in [4.69, 9.17) is 34.8 Å². The van der Waals surface area contributed by atoms with Crippen LogP contribution in [0.3, 0.4) is 0 Å². The Labute approximate surface area is 279 Å². The summed E-state index contributed by atoms with van der Waals surface area (Å²) in [6.45, 7) is 3.28. The maximum Gasteiger partial charge on any atom is 0.264 e. The molecule has 0 aromatic heterocycles.